The van der Waals surface area contributed by atoms with E-state index >= 15 is 0 Å². The maximum atomic E-state index is 5.63. The molecular formula is C11H20N4O. The Morgan fingerprint density at radius 2 is 2.62 bits per heavy atom. The van der Waals surface area contributed by atoms with Crippen LogP contribution in [0.3, 0.4) is 0 Å². The van der Waals surface area contributed by atoms with Gasteiger partial charge in [-0.05, 0) is 32.2 Å². The van der Waals surface area contributed by atoms with Crippen molar-refractivity contribution < 1.29 is 4.74 Å². The van der Waals surface area contributed by atoms with Crippen molar-refractivity contribution in [1.82, 2.24) is 20.7 Å². The maximum Gasteiger partial charge on any atom is 0.0993 e. The topological polar surface area (TPSA) is 62.8 Å². The largest absolute Gasteiger partial charge is 0.378 e. The predicted molar refractivity (Wildman–Crippen MR) is 61.0 cm³/mol. The van der Waals surface area contributed by atoms with Crippen LogP contribution in [0.25, 0.3) is 0 Å². The predicted octanol–water partition coefficient (Wildman–Crippen LogP) is 1.41. The van der Waals surface area contributed by atoms with Crippen LogP contribution in [0.5, 0.6) is 0 Å². The highest BCUT2D eigenvalue weighted by Crippen LogP contribution is 2.22. The van der Waals surface area contributed by atoms with Gasteiger partial charge < -0.3 is 10.1 Å². The maximum absolute atomic E-state index is 5.63. The second-order valence-corrected chi connectivity index (χ2v) is 4.22. The van der Waals surface area contributed by atoms with Gasteiger partial charge in [-0.3, -0.25) is 0 Å². The van der Waals surface area contributed by atoms with Gasteiger partial charge in [-0.2, -0.15) is 15.4 Å². The Bertz CT molecular complexity index is 282. The van der Waals surface area contributed by atoms with E-state index in [0.29, 0.717) is 12.1 Å². The third kappa shape index (κ3) is 3.02. The number of aromatic nitrogens is 3. The normalized spacial score (nSPS) is 22.4. The van der Waals surface area contributed by atoms with Crippen LogP contribution in [-0.4, -0.2) is 34.7 Å². The van der Waals surface area contributed by atoms with E-state index in [2.05, 4.69) is 27.7 Å². The molecule has 0 amide bonds. The van der Waals surface area contributed by atoms with Crippen LogP contribution in [0.15, 0.2) is 6.20 Å². The molecule has 5 heteroatoms. The zero-order valence-corrected chi connectivity index (χ0v) is 9.78. The van der Waals surface area contributed by atoms with E-state index in [1.807, 2.05) is 0 Å². The molecule has 2 N–H and O–H groups in total. The fraction of sp³-hybridized carbons (Fsp3) is 0.818. The van der Waals surface area contributed by atoms with Crippen molar-refractivity contribution in [2.45, 2.75) is 44.8 Å². The first-order valence-corrected chi connectivity index (χ1v) is 6.10. The molecule has 2 atom stereocenters. The van der Waals surface area contributed by atoms with Crippen LogP contribution in [0.4, 0.5) is 0 Å². The number of hydrogen-bond acceptors (Lipinski definition) is 4. The minimum atomic E-state index is 0.299. The van der Waals surface area contributed by atoms with E-state index in [9.17, 15) is 0 Å². The van der Waals surface area contributed by atoms with Gasteiger partial charge in [0, 0.05) is 6.61 Å². The first kappa shape index (κ1) is 11.5. The molecule has 2 heterocycles. The van der Waals surface area contributed by atoms with E-state index in [-0.39, 0.29) is 0 Å². The molecule has 90 valence electrons. The van der Waals surface area contributed by atoms with Gasteiger partial charge in [-0.25, -0.2) is 0 Å². The minimum Gasteiger partial charge on any atom is -0.378 e. The highest BCUT2D eigenvalue weighted by molar-refractivity contribution is 4.99. The van der Waals surface area contributed by atoms with Gasteiger partial charge in [0.2, 0.25) is 0 Å². The van der Waals surface area contributed by atoms with E-state index in [0.717, 1.165) is 31.7 Å². The van der Waals surface area contributed by atoms with Crippen LogP contribution in [-0.2, 0) is 4.74 Å². The van der Waals surface area contributed by atoms with Gasteiger partial charge in [0.15, 0.2) is 0 Å². The highest BCUT2D eigenvalue weighted by Gasteiger charge is 2.19. The van der Waals surface area contributed by atoms with Crippen LogP contribution in [0.2, 0.25) is 0 Å². The zero-order valence-electron chi connectivity index (χ0n) is 9.78. The van der Waals surface area contributed by atoms with Crippen LogP contribution in [0, 0.1) is 0 Å². The fourth-order valence-electron chi connectivity index (χ4n) is 2.20. The summed E-state index contributed by atoms with van der Waals surface area (Å²) in [6, 6.07) is 0.299. The lowest BCUT2D eigenvalue weighted by Crippen LogP contribution is -2.22. The number of ether oxygens (including phenoxy) is 1. The summed E-state index contributed by atoms with van der Waals surface area (Å²) in [6.45, 7) is 3.99. The second kappa shape index (κ2) is 5.96. The van der Waals surface area contributed by atoms with Crippen molar-refractivity contribution in [1.29, 1.82) is 0 Å². The Balaban J connectivity index is 1.82. The Kier molecular flexibility index (Phi) is 4.30. The molecule has 5 nitrogen and oxygen atoms in total. The Morgan fingerprint density at radius 3 is 3.25 bits per heavy atom. The summed E-state index contributed by atoms with van der Waals surface area (Å²) in [5.41, 5.74) is 1.000. The van der Waals surface area contributed by atoms with Gasteiger partial charge in [-0.1, -0.05) is 6.92 Å². The number of nitrogens with zero attached hydrogens (tertiary/aromatic N) is 2. The summed E-state index contributed by atoms with van der Waals surface area (Å²) in [5, 5.41) is 14.1. The smallest absolute Gasteiger partial charge is 0.0993 e. The van der Waals surface area contributed by atoms with Crippen LogP contribution >= 0.6 is 0 Å². The molecule has 0 spiro atoms. The SMILES string of the molecule is CCNC(CCC1CCCO1)c1cn[nH]n1. The molecule has 1 aliphatic heterocycles. The second-order valence-electron chi connectivity index (χ2n) is 4.22. The molecule has 0 aromatic carbocycles. The van der Waals surface area contributed by atoms with E-state index in [4.69, 9.17) is 4.74 Å². The van der Waals surface area contributed by atoms with E-state index < -0.39 is 0 Å². The summed E-state index contributed by atoms with van der Waals surface area (Å²) in [6.07, 6.45) is 6.82. The number of H-pyrrole nitrogens is 1. The number of hydrogen-bond donors (Lipinski definition) is 2. The molecule has 1 saturated heterocycles. The summed E-state index contributed by atoms with van der Waals surface area (Å²) in [7, 11) is 0. The van der Waals surface area contributed by atoms with Gasteiger partial charge in [0.25, 0.3) is 0 Å². The van der Waals surface area contributed by atoms with Crippen molar-refractivity contribution in [2.24, 2.45) is 0 Å². The molecule has 1 aromatic rings. The number of aromatic amines is 1. The molecule has 0 bridgehead atoms. The molecule has 2 rings (SSSR count). The van der Waals surface area contributed by atoms with Crippen LogP contribution in [0.1, 0.15) is 44.3 Å². The average Bonchev–Trinajstić information content (AvgIpc) is 2.96. The minimum absolute atomic E-state index is 0.299. The summed E-state index contributed by atoms with van der Waals surface area (Å²) < 4.78 is 5.63. The van der Waals surface area contributed by atoms with E-state index in [1.54, 1.807) is 6.20 Å². The lowest BCUT2D eigenvalue weighted by atomic mass is 10.0. The fourth-order valence-corrected chi connectivity index (χ4v) is 2.20. The van der Waals surface area contributed by atoms with Gasteiger partial charge in [0.1, 0.15) is 0 Å². The Labute approximate surface area is 96.0 Å². The molecule has 2 unspecified atom stereocenters. The summed E-state index contributed by atoms with van der Waals surface area (Å²) >= 11 is 0. The molecular weight excluding hydrogens is 204 g/mol. The zero-order chi connectivity index (χ0) is 11.2. The molecule has 16 heavy (non-hydrogen) atoms. The molecule has 0 saturated carbocycles. The lowest BCUT2D eigenvalue weighted by Gasteiger charge is -2.17. The van der Waals surface area contributed by atoms with Gasteiger partial charge >= 0.3 is 0 Å². The van der Waals surface area contributed by atoms with Crippen molar-refractivity contribution in [3.8, 4) is 0 Å². The number of rotatable bonds is 6. The average molecular weight is 224 g/mol. The van der Waals surface area contributed by atoms with Crippen molar-refractivity contribution in [2.75, 3.05) is 13.2 Å². The molecule has 1 aliphatic rings. The summed E-state index contributed by atoms with van der Waals surface area (Å²) in [5.74, 6) is 0. The molecule has 0 aliphatic carbocycles. The number of nitrogens with one attached hydrogen (secondary N) is 2. The van der Waals surface area contributed by atoms with E-state index in [1.165, 1.54) is 12.8 Å². The van der Waals surface area contributed by atoms with Crippen molar-refractivity contribution in [3.05, 3.63) is 11.9 Å². The summed E-state index contributed by atoms with van der Waals surface area (Å²) in [4.78, 5) is 0. The standard InChI is InChI=1S/C11H20N4O/c1-2-12-10(11-8-13-15-14-11)6-5-9-4-3-7-16-9/h8-10,12H,2-7H2,1H3,(H,13,14,15). The van der Waals surface area contributed by atoms with Gasteiger partial charge in [-0.15, -0.1) is 0 Å². The van der Waals surface area contributed by atoms with Crippen LogP contribution < -0.4 is 5.32 Å². The Hall–Kier alpha value is -0.940. The Morgan fingerprint density at radius 1 is 1.69 bits per heavy atom. The lowest BCUT2D eigenvalue weighted by molar-refractivity contribution is 0.0995. The van der Waals surface area contributed by atoms with Crippen molar-refractivity contribution in [3.63, 3.8) is 0 Å². The van der Waals surface area contributed by atoms with Gasteiger partial charge in [0.05, 0.1) is 24.0 Å². The quantitative estimate of drug-likeness (QED) is 0.767. The van der Waals surface area contributed by atoms with Crippen molar-refractivity contribution >= 4 is 0 Å². The molecule has 1 aromatic heterocycles. The first-order valence-electron chi connectivity index (χ1n) is 6.10. The third-order valence-corrected chi connectivity index (χ3v) is 3.04. The molecule has 0 radical (unpaired) electrons. The third-order valence-electron chi connectivity index (χ3n) is 3.04. The molecule has 1 fully saturated rings. The highest BCUT2D eigenvalue weighted by atomic mass is 16.5. The monoisotopic (exact) mass is 224 g/mol. The first-order chi connectivity index (χ1) is 7.90.